The summed E-state index contributed by atoms with van der Waals surface area (Å²) in [4.78, 5) is 0. The minimum atomic E-state index is 0. The quantitative estimate of drug-likeness (QED) is 0.621. The molecule has 82 valence electrons. The van der Waals surface area contributed by atoms with Gasteiger partial charge in [-0.2, -0.15) is 5.53 Å². The second-order valence-electron chi connectivity index (χ2n) is 3.80. The molecule has 0 radical (unpaired) electrons. The van der Waals surface area contributed by atoms with Crippen molar-refractivity contribution in [1.82, 2.24) is 0 Å². The summed E-state index contributed by atoms with van der Waals surface area (Å²) in [6.45, 7) is 0. The van der Waals surface area contributed by atoms with Crippen LogP contribution in [0.5, 0.6) is 0 Å². The average Bonchev–Trinajstić information content (AvgIpc) is 2.90. The molecule has 0 aliphatic heterocycles. The van der Waals surface area contributed by atoms with Crippen molar-refractivity contribution in [2.45, 2.75) is 0 Å². The van der Waals surface area contributed by atoms with Crippen molar-refractivity contribution in [3.05, 3.63) is 66.2 Å². The van der Waals surface area contributed by atoms with Crippen molar-refractivity contribution in [3.63, 3.8) is 0 Å². The summed E-state index contributed by atoms with van der Waals surface area (Å²) in [5, 5.41) is 2.89. The molecule has 3 heteroatoms. The molecule has 0 N–H and O–H groups in total. The molecule has 0 saturated heterocycles. The summed E-state index contributed by atoms with van der Waals surface area (Å²) in [6.07, 6.45) is 0. The largest absolute Gasteiger partial charge is 1.00 e. The van der Waals surface area contributed by atoms with E-state index in [-0.39, 0.29) is 18.9 Å². The second kappa shape index (κ2) is 6.42. The molecule has 0 spiro atoms. The molecule has 1 heterocycles. The summed E-state index contributed by atoms with van der Waals surface area (Å²) in [6, 6.07) is 21.3. The number of rotatable bonds is 2. The van der Waals surface area contributed by atoms with Crippen molar-refractivity contribution in [2.75, 3.05) is 0 Å². The van der Waals surface area contributed by atoms with Crippen LogP contribution in [0.15, 0.2) is 66.2 Å². The molecule has 1 aromatic heterocycles. The predicted molar refractivity (Wildman–Crippen MR) is 77.9 cm³/mol. The van der Waals surface area contributed by atoms with Crippen molar-refractivity contribution >= 4 is 16.4 Å². The number of hydrogen-bond acceptors (Lipinski definition) is 0. The Morgan fingerprint density at radius 1 is 0.722 bits per heavy atom. The van der Waals surface area contributed by atoms with E-state index in [0.717, 1.165) is 0 Å². The van der Waals surface area contributed by atoms with Gasteiger partial charge in [0.15, 0.2) is 0 Å². The molecular formula is C15H11LiP2. The standard InChI is InChI=1S/C15H11P2.Li/c1-3-7-12(8-4-1)14-15(17-11-16-14)13-9-5-2-6-10-13;/h1-11H;/q-1;+1. The molecule has 2 aromatic carbocycles. The van der Waals surface area contributed by atoms with Gasteiger partial charge in [-0.3, -0.25) is 0 Å². The Hall–Kier alpha value is -0.753. The fourth-order valence-corrected chi connectivity index (χ4v) is 4.48. The van der Waals surface area contributed by atoms with Gasteiger partial charge >= 0.3 is 18.9 Å². The molecule has 18 heavy (non-hydrogen) atoms. The molecule has 0 fully saturated rings. The van der Waals surface area contributed by atoms with Gasteiger partial charge in [0.05, 0.1) is 0 Å². The zero-order chi connectivity index (χ0) is 11.5. The minimum Gasteiger partial charge on any atom is -0.306 e. The van der Waals surface area contributed by atoms with Gasteiger partial charge in [-0.05, 0) is 11.1 Å². The zero-order valence-electron chi connectivity index (χ0n) is 10.2. The van der Waals surface area contributed by atoms with E-state index >= 15 is 0 Å². The first-order valence-electron chi connectivity index (χ1n) is 5.53. The van der Waals surface area contributed by atoms with Crippen LogP contribution in [0.3, 0.4) is 0 Å². The Kier molecular flexibility index (Phi) is 4.88. The van der Waals surface area contributed by atoms with E-state index in [1.54, 1.807) is 0 Å². The fraction of sp³-hybridized carbons (Fsp3) is 0. The topological polar surface area (TPSA) is 0 Å². The van der Waals surface area contributed by atoms with Gasteiger partial charge in [0.1, 0.15) is 0 Å². The Morgan fingerprint density at radius 3 is 1.89 bits per heavy atom. The Morgan fingerprint density at radius 2 is 1.28 bits per heavy atom. The number of benzene rings is 2. The van der Waals surface area contributed by atoms with E-state index in [1.807, 2.05) is 0 Å². The van der Waals surface area contributed by atoms with Gasteiger partial charge in [-0.25, -0.2) is 0 Å². The summed E-state index contributed by atoms with van der Waals surface area (Å²) >= 11 is 0. The van der Waals surface area contributed by atoms with E-state index in [2.05, 4.69) is 66.2 Å². The first-order chi connectivity index (χ1) is 8.45. The third kappa shape index (κ3) is 2.80. The molecule has 0 unspecified atom stereocenters. The third-order valence-electron chi connectivity index (χ3n) is 2.69. The van der Waals surface area contributed by atoms with E-state index in [4.69, 9.17) is 0 Å². The maximum atomic E-state index is 2.31. The predicted octanol–water partition coefficient (Wildman–Crippen LogP) is 2.90. The van der Waals surface area contributed by atoms with Gasteiger partial charge in [0, 0.05) is 0 Å². The van der Waals surface area contributed by atoms with Gasteiger partial charge in [-0.1, -0.05) is 71.3 Å². The van der Waals surface area contributed by atoms with E-state index in [1.165, 1.54) is 38.1 Å². The van der Waals surface area contributed by atoms with E-state index in [9.17, 15) is 0 Å². The maximum Gasteiger partial charge on any atom is 1.00 e. The molecule has 0 aliphatic carbocycles. The first-order valence-corrected chi connectivity index (χ1v) is 7.46. The summed E-state index contributed by atoms with van der Waals surface area (Å²) in [5.41, 5.74) is 4.99. The molecule has 0 bridgehead atoms. The Balaban J connectivity index is 0.00000120. The molecule has 3 aromatic rings. The third-order valence-corrected chi connectivity index (χ3v) is 5.27. The second-order valence-corrected chi connectivity index (χ2v) is 6.14. The van der Waals surface area contributed by atoms with Crippen LogP contribution in [-0.2, 0) is 0 Å². The summed E-state index contributed by atoms with van der Waals surface area (Å²) in [7, 11) is 2.67. The van der Waals surface area contributed by atoms with Gasteiger partial charge < -0.3 is 16.4 Å². The van der Waals surface area contributed by atoms with Crippen LogP contribution in [0, 0.1) is 0 Å². The van der Waals surface area contributed by atoms with E-state index in [0.29, 0.717) is 0 Å². The molecule has 0 aliphatic rings. The van der Waals surface area contributed by atoms with Crippen LogP contribution in [0.2, 0.25) is 0 Å². The van der Waals surface area contributed by atoms with Gasteiger partial charge in [-0.15, -0.1) is 0 Å². The van der Waals surface area contributed by atoms with Crippen LogP contribution < -0.4 is 18.9 Å². The van der Waals surface area contributed by atoms with Crippen LogP contribution >= 0.6 is 16.4 Å². The van der Waals surface area contributed by atoms with Crippen LogP contribution in [-0.4, -0.2) is 0 Å². The smallest absolute Gasteiger partial charge is 0.306 e. The Labute approximate surface area is 123 Å². The van der Waals surface area contributed by atoms with Gasteiger partial charge in [0.2, 0.25) is 0 Å². The molecule has 0 saturated carbocycles. The average molecular weight is 260 g/mol. The maximum absolute atomic E-state index is 2.31. The molecule has 3 rings (SSSR count). The van der Waals surface area contributed by atoms with Crippen molar-refractivity contribution in [1.29, 1.82) is 0 Å². The van der Waals surface area contributed by atoms with Crippen molar-refractivity contribution in [3.8, 4) is 21.7 Å². The molecule has 0 amide bonds. The van der Waals surface area contributed by atoms with Crippen molar-refractivity contribution in [2.24, 2.45) is 0 Å². The van der Waals surface area contributed by atoms with Gasteiger partial charge in [0.25, 0.3) is 0 Å². The monoisotopic (exact) mass is 260 g/mol. The summed E-state index contributed by atoms with van der Waals surface area (Å²) < 4.78 is 0. The SMILES string of the molecule is [Li+].c1ccc(-c2pc[p-]c2-c2ccccc2)cc1. The fourth-order valence-electron chi connectivity index (χ4n) is 1.88. The normalized spacial score (nSPS) is 10.7. The Bertz CT molecular complexity index is 549. The van der Waals surface area contributed by atoms with Crippen LogP contribution in [0.25, 0.3) is 21.7 Å². The number of hydrogen-bond donors (Lipinski definition) is 0. The minimum absolute atomic E-state index is 0. The zero-order valence-corrected chi connectivity index (χ0v) is 12.0. The molecule has 0 atom stereocenters. The first kappa shape index (κ1) is 13.7. The van der Waals surface area contributed by atoms with Crippen LogP contribution in [0.1, 0.15) is 0 Å². The van der Waals surface area contributed by atoms with Crippen LogP contribution in [0.4, 0.5) is 0 Å². The van der Waals surface area contributed by atoms with Crippen molar-refractivity contribution < 1.29 is 18.9 Å². The molecule has 0 nitrogen and oxygen atoms in total. The summed E-state index contributed by atoms with van der Waals surface area (Å²) in [5.74, 6) is 0. The van der Waals surface area contributed by atoms with E-state index < -0.39 is 0 Å². The molecular weight excluding hydrogens is 249 g/mol.